The maximum absolute atomic E-state index is 13.9. The van der Waals surface area contributed by atoms with Crippen molar-refractivity contribution in [3.63, 3.8) is 0 Å². The van der Waals surface area contributed by atoms with Crippen molar-refractivity contribution < 1.29 is 13.6 Å². The van der Waals surface area contributed by atoms with E-state index in [0.29, 0.717) is 11.5 Å². The topological polar surface area (TPSA) is 95.3 Å². The number of amides is 1. The zero-order valence-electron chi connectivity index (χ0n) is 17.4. The van der Waals surface area contributed by atoms with Crippen LogP contribution in [0.3, 0.4) is 0 Å². The lowest BCUT2D eigenvalue weighted by Gasteiger charge is -2.29. The van der Waals surface area contributed by atoms with Crippen molar-refractivity contribution in [2.45, 2.75) is 6.54 Å². The number of piperazine rings is 1. The number of anilines is 4. The van der Waals surface area contributed by atoms with Gasteiger partial charge in [0.15, 0.2) is 0 Å². The van der Waals surface area contributed by atoms with E-state index in [9.17, 15) is 13.6 Å². The number of benzene rings is 2. The van der Waals surface area contributed by atoms with Gasteiger partial charge in [-0.2, -0.15) is 0 Å². The summed E-state index contributed by atoms with van der Waals surface area (Å²) >= 11 is 0. The molecule has 3 aromatic rings. The summed E-state index contributed by atoms with van der Waals surface area (Å²) in [6, 6.07) is 12.8. The van der Waals surface area contributed by atoms with Crippen LogP contribution in [0.15, 0.2) is 54.7 Å². The number of carbonyl (C=O) groups is 1. The number of pyridine rings is 1. The Hall–Kier alpha value is -3.72. The second kappa shape index (κ2) is 9.61. The van der Waals surface area contributed by atoms with E-state index >= 15 is 0 Å². The highest BCUT2D eigenvalue weighted by Crippen LogP contribution is 2.24. The molecular formula is C23H24F2N6O. The Morgan fingerprint density at radius 2 is 1.84 bits per heavy atom. The van der Waals surface area contributed by atoms with Gasteiger partial charge in [-0.05, 0) is 42.5 Å². The monoisotopic (exact) mass is 438 g/mol. The van der Waals surface area contributed by atoms with Gasteiger partial charge in [-0.1, -0.05) is 0 Å². The van der Waals surface area contributed by atoms with E-state index in [4.69, 9.17) is 5.73 Å². The molecule has 1 aliphatic heterocycles. The molecular weight excluding hydrogens is 414 g/mol. The molecule has 5 N–H and O–H groups in total. The van der Waals surface area contributed by atoms with Gasteiger partial charge in [-0.3, -0.25) is 4.79 Å². The SMILES string of the molecule is NC(=O)c1cnc(Nc2ccc(N3CCNCC3)cc2)cc1NCc1cc(F)ccc1F. The number of aromatic nitrogens is 1. The Balaban J connectivity index is 1.49. The van der Waals surface area contributed by atoms with Gasteiger partial charge >= 0.3 is 0 Å². The van der Waals surface area contributed by atoms with Crippen molar-refractivity contribution in [2.24, 2.45) is 5.73 Å². The molecule has 0 aliphatic carbocycles. The predicted molar refractivity (Wildman–Crippen MR) is 121 cm³/mol. The van der Waals surface area contributed by atoms with Gasteiger partial charge in [0, 0.05) is 61.9 Å². The summed E-state index contributed by atoms with van der Waals surface area (Å²) in [5.74, 6) is -1.28. The molecule has 1 aromatic heterocycles. The molecule has 0 atom stereocenters. The van der Waals surface area contributed by atoms with Crippen LogP contribution in [0.4, 0.5) is 31.7 Å². The minimum atomic E-state index is -0.674. The zero-order valence-corrected chi connectivity index (χ0v) is 17.4. The standard InChI is InChI=1S/C23H24F2N6O/c24-16-1-6-20(25)15(11-16)13-28-21-12-22(29-14-19(21)23(26)32)30-17-2-4-18(5-3-17)31-9-7-27-8-10-31/h1-6,11-12,14,27H,7-10,13H2,(H2,26,32)(H2,28,29,30). The number of rotatable bonds is 7. The highest BCUT2D eigenvalue weighted by Gasteiger charge is 2.13. The number of hydrogen-bond acceptors (Lipinski definition) is 6. The molecule has 166 valence electrons. The first-order valence-electron chi connectivity index (χ1n) is 10.3. The van der Waals surface area contributed by atoms with Crippen LogP contribution in [-0.4, -0.2) is 37.1 Å². The molecule has 1 amide bonds. The van der Waals surface area contributed by atoms with Crippen LogP contribution in [0.2, 0.25) is 0 Å². The zero-order chi connectivity index (χ0) is 22.5. The fourth-order valence-electron chi connectivity index (χ4n) is 3.56. The average Bonchev–Trinajstić information content (AvgIpc) is 2.80. The van der Waals surface area contributed by atoms with E-state index in [1.165, 1.54) is 6.20 Å². The van der Waals surface area contributed by atoms with E-state index in [-0.39, 0.29) is 17.7 Å². The molecule has 0 unspecified atom stereocenters. The maximum atomic E-state index is 13.9. The Kier molecular flexibility index (Phi) is 6.46. The lowest BCUT2D eigenvalue weighted by Crippen LogP contribution is -2.43. The van der Waals surface area contributed by atoms with Crippen LogP contribution in [0.1, 0.15) is 15.9 Å². The molecule has 4 rings (SSSR count). The molecule has 2 aromatic carbocycles. The average molecular weight is 438 g/mol. The predicted octanol–water partition coefficient (Wildman–Crippen LogP) is 3.22. The first-order chi connectivity index (χ1) is 15.5. The second-order valence-electron chi connectivity index (χ2n) is 7.48. The summed E-state index contributed by atoms with van der Waals surface area (Å²) in [7, 11) is 0. The summed E-state index contributed by atoms with van der Waals surface area (Å²) in [5.41, 5.74) is 8.08. The minimum Gasteiger partial charge on any atom is -0.380 e. The summed E-state index contributed by atoms with van der Waals surface area (Å²) < 4.78 is 27.4. The van der Waals surface area contributed by atoms with E-state index in [1.54, 1.807) is 6.07 Å². The van der Waals surface area contributed by atoms with Crippen molar-refractivity contribution in [2.75, 3.05) is 41.7 Å². The Morgan fingerprint density at radius 1 is 1.09 bits per heavy atom. The molecule has 0 bridgehead atoms. The van der Waals surface area contributed by atoms with Gasteiger partial charge in [-0.15, -0.1) is 0 Å². The van der Waals surface area contributed by atoms with Gasteiger partial charge in [0.1, 0.15) is 17.5 Å². The van der Waals surface area contributed by atoms with Crippen LogP contribution < -0.4 is 26.6 Å². The third kappa shape index (κ3) is 5.12. The highest BCUT2D eigenvalue weighted by molar-refractivity contribution is 5.98. The van der Waals surface area contributed by atoms with Crippen LogP contribution in [0.5, 0.6) is 0 Å². The Labute approximate surface area is 184 Å². The van der Waals surface area contributed by atoms with Crippen LogP contribution in [-0.2, 0) is 6.54 Å². The molecule has 9 heteroatoms. The third-order valence-corrected chi connectivity index (χ3v) is 5.27. The van der Waals surface area contributed by atoms with Gasteiger partial charge in [0.25, 0.3) is 5.91 Å². The third-order valence-electron chi connectivity index (χ3n) is 5.27. The molecule has 7 nitrogen and oxygen atoms in total. The lowest BCUT2D eigenvalue weighted by atomic mass is 10.1. The number of primary amides is 1. The normalized spacial score (nSPS) is 13.6. The van der Waals surface area contributed by atoms with E-state index in [1.807, 2.05) is 24.3 Å². The largest absolute Gasteiger partial charge is 0.380 e. The van der Waals surface area contributed by atoms with Crippen molar-refractivity contribution in [1.29, 1.82) is 0 Å². The molecule has 1 aliphatic rings. The van der Waals surface area contributed by atoms with Gasteiger partial charge in [-0.25, -0.2) is 13.8 Å². The number of nitrogens with two attached hydrogens (primary N) is 1. The number of nitrogens with one attached hydrogen (secondary N) is 3. The van der Waals surface area contributed by atoms with E-state index < -0.39 is 17.5 Å². The summed E-state index contributed by atoms with van der Waals surface area (Å²) in [6.45, 7) is 3.83. The van der Waals surface area contributed by atoms with Crippen LogP contribution >= 0.6 is 0 Å². The summed E-state index contributed by atoms with van der Waals surface area (Å²) in [5, 5.41) is 9.48. The molecule has 0 saturated carbocycles. The Morgan fingerprint density at radius 3 is 2.56 bits per heavy atom. The van der Waals surface area contributed by atoms with Gasteiger partial charge in [0.2, 0.25) is 0 Å². The fraction of sp³-hybridized carbons (Fsp3) is 0.217. The van der Waals surface area contributed by atoms with Crippen LogP contribution in [0, 0.1) is 11.6 Å². The van der Waals surface area contributed by atoms with Crippen molar-refractivity contribution in [1.82, 2.24) is 10.3 Å². The van der Waals surface area contributed by atoms with Crippen molar-refractivity contribution in [3.05, 3.63) is 77.5 Å². The van der Waals surface area contributed by atoms with E-state index in [0.717, 1.165) is 55.8 Å². The molecule has 2 heterocycles. The van der Waals surface area contributed by atoms with Crippen molar-refractivity contribution in [3.8, 4) is 0 Å². The van der Waals surface area contributed by atoms with Crippen LogP contribution in [0.25, 0.3) is 0 Å². The quantitative estimate of drug-likeness (QED) is 0.453. The highest BCUT2D eigenvalue weighted by atomic mass is 19.1. The van der Waals surface area contributed by atoms with Crippen molar-refractivity contribution >= 4 is 28.8 Å². The Bertz CT molecular complexity index is 1100. The molecule has 32 heavy (non-hydrogen) atoms. The lowest BCUT2D eigenvalue weighted by molar-refractivity contribution is 0.100. The molecule has 1 saturated heterocycles. The maximum Gasteiger partial charge on any atom is 0.252 e. The van der Waals surface area contributed by atoms with Gasteiger partial charge in [0.05, 0.1) is 11.3 Å². The molecule has 0 radical (unpaired) electrons. The van der Waals surface area contributed by atoms with Gasteiger partial charge < -0.3 is 26.6 Å². The smallest absolute Gasteiger partial charge is 0.252 e. The molecule has 0 spiro atoms. The number of halogens is 2. The number of nitrogens with zero attached hydrogens (tertiary/aromatic N) is 2. The van der Waals surface area contributed by atoms with E-state index in [2.05, 4.69) is 25.8 Å². The first kappa shape index (κ1) is 21.5. The second-order valence-corrected chi connectivity index (χ2v) is 7.48. The first-order valence-corrected chi connectivity index (χ1v) is 10.3. The fourth-order valence-corrected chi connectivity index (χ4v) is 3.56. The molecule has 1 fully saturated rings. The minimum absolute atomic E-state index is 0.0211. The summed E-state index contributed by atoms with van der Waals surface area (Å²) in [4.78, 5) is 18.4. The number of hydrogen-bond donors (Lipinski definition) is 4. The number of carbonyl (C=O) groups excluding carboxylic acids is 1. The summed E-state index contributed by atoms with van der Waals surface area (Å²) in [6.07, 6.45) is 1.35.